The molecule has 0 fully saturated rings. The average molecular weight is 786 g/mol. The Hall–Kier alpha value is -4.56. The zero-order chi connectivity index (χ0) is 27.8. The summed E-state index contributed by atoms with van der Waals surface area (Å²) in [6.45, 7) is 4.82. The number of amides is 3. The molecule has 1 aromatic heterocycles. The van der Waals surface area contributed by atoms with Gasteiger partial charge in [-0.25, -0.2) is 9.59 Å². The van der Waals surface area contributed by atoms with Crippen molar-refractivity contribution >= 4 is 30.2 Å². The molecule has 1 unspecified atom stereocenters. The van der Waals surface area contributed by atoms with Crippen molar-refractivity contribution in [2.75, 3.05) is 58.6 Å². The van der Waals surface area contributed by atoms with Crippen LogP contribution >= 0.6 is 0 Å². The van der Waals surface area contributed by atoms with Gasteiger partial charge in [0.15, 0.2) is 0 Å². The molecule has 0 aliphatic heterocycles. The number of hydrogen-bond donors (Lipinski definition) is 3. The fourth-order valence-corrected chi connectivity index (χ4v) is 2.77. The van der Waals surface area contributed by atoms with Crippen LogP contribution in [0.25, 0.3) is 0 Å². The molecule has 0 aromatic carbocycles. The maximum atomic E-state index is 12.8. The molecule has 220 valence electrons. The van der Waals surface area contributed by atoms with Crippen molar-refractivity contribution in [3.8, 4) is 0 Å². The van der Waals surface area contributed by atoms with Crippen molar-refractivity contribution in [1.82, 2.24) is 19.8 Å². The van der Waals surface area contributed by atoms with Crippen LogP contribution in [0.2, 0.25) is 0 Å². The number of nitrogens with one attached hydrogen (secondary N) is 2. The molecule has 1 aromatic rings. The van der Waals surface area contributed by atoms with Gasteiger partial charge in [-0.3, -0.25) is 19.5 Å². The number of methoxy groups -OCH3 is 1. The van der Waals surface area contributed by atoms with E-state index in [4.69, 9.17) is 18.9 Å². The zero-order valence-electron chi connectivity index (χ0n) is 21.6. The number of nitrogens with zero attached hydrogens (tertiary/aromatic N) is 3. The summed E-state index contributed by atoms with van der Waals surface area (Å²) in [5, 5.41) is 13.9. The van der Waals surface area contributed by atoms with Crippen LogP contribution in [0.1, 0.15) is 20.8 Å². The number of anilines is 1. The first-order valence-corrected chi connectivity index (χ1v) is 11.3. The number of carboxylic acids is 1. The molecule has 0 saturated carbocycles. The number of ether oxygens (including phenoxy) is 4. The zero-order valence-corrected chi connectivity index (χ0v) is 24.0. The second kappa shape index (κ2) is 17.0. The summed E-state index contributed by atoms with van der Waals surface area (Å²) in [6, 6.07) is 0.518. The van der Waals surface area contributed by atoms with E-state index in [1.54, 1.807) is 27.9 Å². The van der Waals surface area contributed by atoms with E-state index in [0.717, 1.165) is 9.47 Å². The van der Waals surface area contributed by atoms with Crippen LogP contribution in [0, 0.1) is 0 Å². The first kappa shape index (κ1) is 33.4. The second-order valence-electron chi connectivity index (χ2n) is 8.64. The monoisotopic (exact) mass is 785 g/mol. The van der Waals surface area contributed by atoms with Crippen LogP contribution < -0.4 is 16.3 Å². The minimum atomic E-state index is -1.29. The Bertz CT molecular complexity index is 953. The standard InChI is InChI=1S/C22H34N5O10.Fm/c1-22(2,3)37-21(33)25-17-5-6-26(20(32)24-17)12-18(29)27(13-19(30)31)11-16(23-15-28)14-36-10-9-35-8-7-34-4;/h5-6,16H,7-14H2,1-4H3,(H,23,28)(H,30,31)(H,24,25,32,33);/q-1;. The SMILES string of the molecule is COCCOCCOCC(CN(CC(=O)O)C(=O)Cn1ccc(NC(=O)OC(C)(C)C)nc1=O)N[C-]=O.[Fm]. The molecular weight excluding hydrogens is 751 g/mol. The van der Waals surface area contributed by atoms with Gasteiger partial charge in [-0.15, -0.1) is 0 Å². The van der Waals surface area contributed by atoms with Gasteiger partial charge in [0.05, 0.1) is 33.0 Å². The van der Waals surface area contributed by atoms with Crippen molar-refractivity contribution in [1.29, 1.82) is 0 Å². The average Bonchev–Trinajstić information content (AvgIpc) is 2.78. The number of aliphatic carboxylic acids is 1. The molecular formula is C22H34FmN5O10-. The van der Waals surface area contributed by atoms with Gasteiger partial charge in [-0.2, -0.15) is 11.4 Å². The summed E-state index contributed by atoms with van der Waals surface area (Å²) in [4.78, 5) is 63.9. The molecule has 0 spiro atoms. The van der Waals surface area contributed by atoms with Gasteiger partial charge >= 0.3 is 17.8 Å². The van der Waals surface area contributed by atoms with Gasteiger partial charge in [0, 0.05) is 25.9 Å². The molecule has 0 aliphatic rings. The van der Waals surface area contributed by atoms with E-state index in [9.17, 15) is 29.1 Å². The maximum Gasteiger partial charge on any atom is 0.413 e. The Morgan fingerprint density at radius 2 is 1.84 bits per heavy atom. The summed E-state index contributed by atoms with van der Waals surface area (Å²) in [5.41, 5.74) is -1.61. The smallest absolute Gasteiger partial charge is 0.413 e. The van der Waals surface area contributed by atoms with Crippen LogP contribution in [0.5, 0.6) is 0 Å². The van der Waals surface area contributed by atoms with Gasteiger partial charge in [-0.1, -0.05) is 0 Å². The van der Waals surface area contributed by atoms with Crippen molar-refractivity contribution in [3.05, 3.63) is 22.7 Å². The largest absolute Gasteiger partial charge is 0.524 e. The maximum absolute atomic E-state index is 12.8. The Morgan fingerprint density at radius 3 is 2.42 bits per heavy atom. The van der Waals surface area contributed by atoms with Crippen LogP contribution in [0.4, 0.5) is 10.6 Å². The third-order valence-corrected chi connectivity index (χ3v) is 4.31. The number of carbonyl (C=O) groups excluding carboxylic acids is 3. The van der Waals surface area contributed by atoms with E-state index in [1.807, 2.05) is 0 Å². The van der Waals surface area contributed by atoms with Crippen LogP contribution in [-0.2, 0) is 39.9 Å². The molecule has 1 atom stereocenters. The Morgan fingerprint density at radius 1 is 1.18 bits per heavy atom. The van der Waals surface area contributed by atoms with Crippen molar-refractivity contribution in [2.24, 2.45) is 0 Å². The topological polar surface area (TPSA) is 188 Å². The van der Waals surface area contributed by atoms with Gasteiger partial charge in [0.1, 0.15) is 24.5 Å². The second-order valence-corrected chi connectivity index (χ2v) is 8.64. The summed E-state index contributed by atoms with van der Waals surface area (Å²) in [5.74, 6) is -2.10. The number of carboxylic acid groups (broad SMARTS) is 1. The molecule has 0 radical (unpaired) electrons. The Balaban J connectivity index is 0.0000137. The van der Waals surface area contributed by atoms with E-state index < -0.39 is 48.4 Å². The number of aromatic nitrogens is 2. The van der Waals surface area contributed by atoms with Crippen molar-refractivity contribution in [2.45, 2.75) is 39.0 Å². The van der Waals surface area contributed by atoms with Crippen LogP contribution in [0.15, 0.2) is 17.1 Å². The molecule has 15 nitrogen and oxygen atoms in total. The summed E-state index contributed by atoms with van der Waals surface area (Å²) in [6.07, 6.45) is 1.92. The third-order valence-electron chi connectivity index (χ3n) is 4.31. The van der Waals surface area contributed by atoms with Gasteiger partial charge in [-0.05, 0) is 26.8 Å². The number of hydrogen-bond acceptors (Lipinski definition) is 10. The number of carbonyl (C=O) groups is 3. The van der Waals surface area contributed by atoms with Crippen LogP contribution in [-0.4, -0.2) is 109 Å². The Kier molecular flexibility index (Phi) is 15.0. The van der Waals surface area contributed by atoms with Crippen LogP contribution in [0.3, 0.4) is 0 Å². The Labute approximate surface area is 214 Å². The minimum absolute atomic E-state index is 0. The summed E-state index contributed by atoms with van der Waals surface area (Å²) >= 11 is 0. The fourth-order valence-electron chi connectivity index (χ4n) is 2.77. The molecule has 0 aliphatic carbocycles. The van der Waals surface area contributed by atoms with E-state index >= 15 is 0 Å². The van der Waals surface area contributed by atoms with E-state index in [2.05, 4.69) is 15.6 Å². The van der Waals surface area contributed by atoms with Gasteiger partial charge < -0.3 is 39.1 Å². The first-order chi connectivity index (χ1) is 17.4. The normalized spacial score (nSPS) is 11.6. The molecule has 0 bridgehead atoms. The predicted octanol–water partition coefficient (Wildman–Crippen LogP) is -0.791. The first-order valence-electron chi connectivity index (χ1n) is 11.3. The number of rotatable bonds is 17. The third kappa shape index (κ3) is 14.1. The van der Waals surface area contributed by atoms with Gasteiger partial charge in [0.2, 0.25) is 5.91 Å². The van der Waals surface area contributed by atoms with Gasteiger partial charge in [0.25, 0.3) is 0 Å². The summed E-state index contributed by atoms with van der Waals surface area (Å²) in [7, 11) is 1.54. The fraction of sp³-hybridized carbons (Fsp3) is 0.636. The molecule has 16 heteroatoms. The molecule has 3 amide bonds. The minimum Gasteiger partial charge on any atom is -0.524 e. The van der Waals surface area contributed by atoms with E-state index in [-0.39, 0.29) is 32.2 Å². The summed E-state index contributed by atoms with van der Waals surface area (Å²) < 4.78 is 21.6. The molecule has 38 heavy (non-hydrogen) atoms. The van der Waals surface area contributed by atoms with Crippen molar-refractivity contribution in [3.63, 3.8) is 0 Å². The van der Waals surface area contributed by atoms with Crippen molar-refractivity contribution < 1.29 is 43.2 Å². The predicted molar refractivity (Wildman–Crippen MR) is 129 cm³/mol. The quantitative estimate of drug-likeness (QED) is 0.102. The molecule has 3 N–H and O–H groups in total. The van der Waals surface area contributed by atoms with E-state index in [0.29, 0.717) is 13.2 Å². The molecule has 1 heterocycles. The molecule has 1 rings (SSSR count). The molecule has 0 saturated heterocycles. The van der Waals surface area contributed by atoms with E-state index in [1.165, 1.54) is 18.7 Å².